The molecule has 1 unspecified atom stereocenters. The average molecular weight is 447 g/mol. The van der Waals surface area contributed by atoms with Gasteiger partial charge in [-0.05, 0) is 35.4 Å². The van der Waals surface area contributed by atoms with Crippen LogP contribution in [0.3, 0.4) is 0 Å². The fraction of sp³-hybridized carbons (Fsp3) is 0.368. The smallest absolute Gasteiger partial charge is 0.215 e. The molecule has 0 spiro atoms. The summed E-state index contributed by atoms with van der Waals surface area (Å²) in [6.07, 6.45) is 0. The lowest BCUT2D eigenvalue weighted by Gasteiger charge is -2.34. The van der Waals surface area contributed by atoms with E-state index in [-0.39, 0.29) is 24.2 Å². The Kier molecular flexibility index (Phi) is 7.31. The summed E-state index contributed by atoms with van der Waals surface area (Å²) >= 11 is 11.8. The highest BCUT2D eigenvalue weighted by Gasteiger charge is 2.25. The maximum atomic E-state index is 13.7. The van der Waals surface area contributed by atoms with E-state index in [1.165, 1.54) is 18.2 Å². The third kappa shape index (κ3) is 5.89. The van der Waals surface area contributed by atoms with Gasteiger partial charge in [0.05, 0.1) is 29.0 Å². The Labute approximate surface area is 174 Å². The van der Waals surface area contributed by atoms with E-state index in [1.54, 1.807) is 24.3 Å². The number of morpholine rings is 1. The van der Waals surface area contributed by atoms with Crippen LogP contribution in [0.25, 0.3) is 0 Å². The molecule has 152 valence electrons. The molecule has 0 bridgehead atoms. The van der Waals surface area contributed by atoms with Gasteiger partial charge in [-0.3, -0.25) is 4.90 Å². The minimum atomic E-state index is -3.62. The van der Waals surface area contributed by atoms with Crippen molar-refractivity contribution in [1.82, 2.24) is 9.62 Å². The predicted octanol–water partition coefficient (Wildman–Crippen LogP) is 3.63. The topological polar surface area (TPSA) is 58.6 Å². The van der Waals surface area contributed by atoms with Crippen molar-refractivity contribution in [1.29, 1.82) is 0 Å². The van der Waals surface area contributed by atoms with Gasteiger partial charge in [0, 0.05) is 25.7 Å². The Morgan fingerprint density at radius 3 is 2.54 bits per heavy atom. The summed E-state index contributed by atoms with van der Waals surface area (Å²) in [5.74, 6) is -0.572. The molecule has 0 radical (unpaired) electrons. The monoisotopic (exact) mass is 446 g/mol. The van der Waals surface area contributed by atoms with Gasteiger partial charge in [-0.15, -0.1) is 0 Å². The zero-order valence-electron chi connectivity index (χ0n) is 15.1. The summed E-state index contributed by atoms with van der Waals surface area (Å²) in [7, 11) is -3.62. The second-order valence-electron chi connectivity index (χ2n) is 6.58. The lowest BCUT2D eigenvalue weighted by atomic mass is 10.0. The van der Waals surface area contributed by atoms with Crippen molar-refractivity contribution in [2.24, 2.45) is 0 Å². The van der Waals surface area contributed by atoms with E-state index in [1.807, 2.05) is 0 Å². The summed E-state index contributed by atoms with van der Waals surface area (Å²) in [5.41, 5.74) is 1.26. The van der Waals surface area contributed by atoms with Gasteiger partial charge in [0.1, 0.15) is 5.82 Å². The third-order valence-corrected chi connectivity index (χ3v) is 6.62. The highest BCUT2D eigenvalue weighted by molar-refractivity contribution is 7.88. The first-order valence-electron chi connectivity index (χ1n) is 8.82. The van der Waals surface area contributed by atoms with E-state index >= 15 is 0 Å². The van der Waals surface area contributed by atoms with Gasteiger partial charge in [0.2, 0.25) is 10.0 Å². The standard InChI is InChI=1S/C19H21Cl2FN2O3S/c20-17-5-4-14(10-18(17)21)13-28(25,26)23-12-19(24-6-8-27-9-7-24)15-2-1-3-16(22)11-15/h1-5,10-11,19,23H,6-9,12-13H2. The van der Waals surface area contributed by atoms with E-state index in [0.717, 1.165) is 5.56 Å². The molecule has 2 aromatic rings. The van der Waals surface area contributed by atoms with Crippen LogP contribution in [0.2, 0.25) is 10.0 Å². The van der Waals surface area contributed by atoms with Crippen molar-refractivity contribution in [3.05, 3.63) is 69.5 Å². The van der Waals surface area contributed by atoms with Crippen LogP contribution in [0.1, 0.15) is 17.2 Å². The largest absolute Gasteiger partial charge is 0.379 e. The number of rotatable bonds is 7. The Morgan fingerprint density at radius 1 is 1.11 bits per heavy atom. The van der Waals surface area contributed by atoms with Gasteiger partial charge in [0.25, 0.3) is 0 Å². The second-order valence-corrected chi connectivity index (χ2v) is 9.20. The molecule has 1 atom stereocenters. The van der Waals surface area contributed by atoms with Crippen molar-refractivity contribution in [2.75, 3.05) is 32.8 Å². The molecule has 9 heteroatoms. The summed E-state index contributed by atoms with van der Waals surface area (Å²) in [6.45, 7) is 2.54. The molecule has 0 saturated carbocycles. The number of hydrogen-bond donors (Lipinski definition) is 1. The van der Waals surface area contributed by atoms with Crippen LogP contribution in [-0.4, -0.2) is 46.2 Å². The minimum Gasteiger partial charge on any atom is -0.379 e. The zero-order valence-corrected chi connectivity index (χ0v) is 17.4. The molecule has 0 aromatic heterocycles. The summed E-state index contributed by atoms with van der Waals surface area (Å²) in [5, 5.41) is 0.676. The first-order valence-corrected chi connectivity index (χ1v) is 11.2. The Bertz CT molecular complexity index is 921. The molecular weight excluding hydrogens is 426 g/mol. The van der Waals surface area contributed by atoms with E-state index in [0.29, 0.717) is 41.9 Å². The van der Waals surface area contributed by atoms with Crippen molar-refractivity contribution in [2.45, 2.75) is 11.8 Å². The lowest BCUT2D eigenvalue weighted by molar-refractivity contribution is 0.0171. The molecule has 0 aliphatic carbocycles. The minimum absolute atomic E-state index is 0.132. The van der Waals surface area contributed by atoms with E-state index in [9.17, 15) is 12.8 Å². The van der Waals surface area contributed by atoms with Crippen molar-refractivity contribution < 1.29 is 17.5 Å². The molecule has 1 saturated heterocycles. The van der Waals surface area contributed by atoms with Crippen molar-refractivity contribution in [3.8, 4) is 0 Å². The number of nitrogens with zero attached hydrogens (tertiary/aromatic N) is 1. The molecule has 1 fully saturated rings. The molecule has 5 nitrogen and oxygen atoms in total. The first-order chi connectivity index (χ1) is 13.3. The number of benzene rings is 2. The predicted molar refractivity (Wildman–Crippen MR) is 109 cm³/mol. The second kappa shape index (κ2) is 9.52. The first kappa shape index (κ1) is 21.5. The molecule has 1 N–H and O–H groups in total. The van der Waals surface area contributed by atoms with Gasteiger partial charge < -0.3 is 4.74 Å². The van der Waals surface area contributed by atoms with Crippen LogP contribution in [0.4, 0.5) is 4.39 Å². The third-order valence-electron chi connectivity index (χ3n) is 4.56. The Balaban J connectivity index is 1.73. The summed E-state index contributed by atoms with van der Waals surface area (Å²) in [6, 6.07) is 10.7. The van der Waals surface area contributed by atoms with Crippen LogP contribution in [0, 0.1) is 5.82 Å². The maximum absolute atomic E-state index is 13.7. The molecular formula is C19H21Cl2FN2O3S. The summed E-state index contributed by atoms with van der Waals surface area (Å²) in [4.78, 5) is 2.10. The van der Waals surface area contributed by atoms with Crippen LogP contribution in [0.5, 0.6) is 0 Å². The van der Waals surface area contributed by atoms with Gasteiger partial charge in [-0.1, -0.05) is 41.4 Å². The fourth-order valence-corrected chi connectivity index (χ4v) is 4.62. The molecule has 1 aliphatic rings. The normalized spacial score (nSPS) is 16.8. The van der Waals surface area contributed by atoms with Crippen molar-refractivity contribution >= 4 is 33.2 Å². The van der Waals surface area contributed by atoms with Crippen molar-refractivity contribution in [3.63, 3.8) is 0 Å². The Hall–Kier alpha value is -1.22. The van der Waals surface area contributed by atoms with Gasteiger partial charge in [-0.2, -0.15) is 0 Å². The zero-order chi connectivity index (χ0) is 20.1. The highest BCUT2D eigenvalue weighted by atomic mass is 35.5. The molecule has 3 rings (SSSR count). The molecule has 1 aliphatic heterocycles. The van der Waals surface area contributed by atoms with E-state index in [2.05, 4.69) is 9.62 Å². The molecule has 1 heterocycles. The number of ether oxygens (including phenoxy) is 1. The molecule has 2 aromatic carbocycles. The average Bonchev–Trinajstić information content (AvgIpc) is 2.65. The lowest BCUT2D eigenvalue weighted by Crippen LogP contribution is -2.44. The number of halogens is 3. The number of sulfonamides is 1. The van der Waals surface area contributed by atoms with Crippen LogP contribution in [0.15, 0.2) is 42.5 Å². The van der Waals surface area contributed by atoms with E-state index in [4.69, 9.17) is 27.9 Å². The molecule has 28 heavy (non-hydrogen) atoms. The quantitative estimate of drug-likeness (QED) is 0.705. The van der Waals surface area contributed by atoms with Gasteiger partial charge in [-0.25, -0.2) is 17.5 Å². The highest BCUT2D eigenvalue weighted by Crippen LogP contribution is 2.25. The van der Waals surface area contributed by atoms with Gasteiger partial charge in [0.15, 0.2) is 0 Å². The number of nitrogens with one attached hydrogen (secondary N) is 1. The van der Waals surface area contributed by atoms with Crippen LogP contribution >= 0.6 is 23.2 Å². The maximum Gasteiger partial charge on any atom is 0.215 e. The SMILES string of the molecule is O=S(=O)(Cc1ccc(Cl)c(Cl)c1)NCC(c1cccc(F)c1)N1CCOCC1. The molecule has 0 amide bonds. The fourth-order valence-electron chi connectivity index (χ4n) is 3.17. The number of hydrogen-bond acceptors (Lipinski definition) is 4. The van der Waals surface area contributed by atoms with Crippen LogP contribution < -0.4 is 4.72 Å². The van der Waals surface area contributed by atoms with Gasteiger partial charge >= 0.3 is 0 Å². The Morgan fingerprint density at radius 2 is 1.86 bits per heavy atom. The van der Waals surface area contributed by atoms with E-state index < -0.39 is 10.0 Å². The summed E-state index contributed by atoms with van der Waals surface area (Å²) < 4.78 is 46.9. The van der Waals surface area contributed by atoms with Crippen LogP contribution in [-0.2, 0) is 20.5 Å².